The predicted molar refractivity (Wildman–Crippen MR) is 79.0 cm³/mol. The number of nitrogens with zero attached hydrogens (tertiary/aromatic N) is 4. The highest BCUT2D eigenvalue weighted by molar-refractivity contribution is 6.35. The zero-order valence-corrected chi connectivity index (χ0v) is 12.5. The van der Waals surface area contributed by atoms with E-state index in [1.54, 1.807) is 35.3 Å². The molecule has 0 fully saturated rings. The van der Waals surface area contributed by atoms with Gasteiger partial charge in [-0.3, -0.25) is 4.68 Å². The van der Waals surface area contributed by atoms with Crippen molar-refractivity contribution in [1.29, 1.82) is 0 Å². The van der Waals surface area contributed by atoms with Gasteiger partial charge in [0, 0.05) is 34.4 Å². The fourth-order valence-electron chi connectivity index (χ4n) is 1.91. The third kappa shape index (κ3) is 2.92. The van der Waals surface area contributed by atoms with Crippen LogP contribution in [0.1, 0.15) is 17.5 Å². The van der Waals surface area contributed by atoms with Crippen molar-refractivity contribution in [2.24, 2.45) is 12.8 Å². The van der Waals surface area contributed by atoms with E-state index in [4.69, 9.17) is 33.5 Å². The fourth-order valence-corrected chi connectivity index (χ4v) is 2.43. The second-order valence-corrected chi connectivity index (χ2v) is 5.41. The van der Waals surface area contributed by atoms with Gasteiger partial charge in [-0.05, 0) is 18.2 Å². The van der Waals surface area contributed by atoms with Crippen LogP contribution < -0.4 is 5.73 Å². The number of aryl methyl sites for hydroxylation is 1. The maximum Gasteiger partial charge on any atom is 0.248 e. The smallest absolute Gasteiger partial charge is 0.248 e. The standard InChI is InChI=1S/C13H11Cl2N5O/c1-20-6-8(5-17-20)11(16)13-18-12(19-21-13)7-2-9(14)4-10(15)3-7/h2-6,11H,16H2,1H3. The molecule has 0 radical (unpaired) electrons. The average Bonchev–Trinajstić information content (AvgIpc) is 3.05. The molecule has 2 N–H and O–H groups in total. The quantitative estimate of drug-likeness (QED) is 0.801. The minimum atomic E-state index is -0.533. The molecule has 1 unspecified atom stereocenters. The Morgan fingerprint density at radius 1 is 1.24 bits per heavy atom. The summed E-state index contributed by atoms with van der Waals surface area (Å²) in [5, 5.41) is 8.98. The molecule has 0 bridgehead atoms. The molecule has 0 amide bonds. The molecule has 2 heterocycles. The molecule has 1 aromatic carbocycles. The van der Waals surface area contributed by atoms with E-state index in [1.165, 1.54) is 0 Å². The van der Waals surface area contributed by atoms with Crippen molar-refractivity contribution in [3.8, 4) is 11.4 Å². The molecule has 3 aromatic rings. The van der Waals surface area contributed by atoms with E-state index in [1.807, 2.05) is 7.05 Å². The molecule has 21 heavy (non-hydrogen) atoms. The summed E-state index contributed by atoms with van der Waals surface area (Å²) < 4.78 is 6.87. The predicted octanol–water partition coefficient (Wildman–Crippen LogP) is 2.83. The lowest BCUT2D eigenvalue weighted by Gasteiger charge is -2.01. The highest BCUT2D eigenvalue weighted by Gasteiger charge is 2.19. The van der Waals surface area contributed by atoms with Crippen LogP contribution in [0.5, 0.6) is 0 Å². The van der Waals surface area contributed by atoms with Crippen molar-refractivity contribution < 1.29 is 4.52 Å². The van der Waals surface area contributed by atoms with Gasteiger partial charge in [-0.15, -0.1) is 0 Å². The Labute approximate surface area is 130 Å². The normalized spacial score (nSPS) is 12.6. The first-order valence-corrected chi connectivity index (χ1v) is 6.83. The van der Waals surface area contributed by atoms with Gasteiger partial charge in [0.25, 0.3) is 0 Å². The van der Waals surface area contributed by atoms with Crippen molar-refractivity contribution in [3.05, 3.63) is 52.1 Å². The molecule has 0 aliphatic carbocycles. The zero-order valence-electron chi connectivity index (χ0n) is 11.0. The van der Waals surface area contributed by atoms with Crippen LogP contribution in [-0.4, -0.2) is 19.9 Å². The Kier molecular flexibility index (Phi) is 3.67. The highest BCUT2D eigenvalue weighted by atomic mass is 35.5. The number of hydrogen-bond donors (Lipinski definition) is 1. The van der Waals surface area contributed by atoms with Gasteiger partial charge in [0.1, 0.15) is 6.04 Å². The second kappa shape index (κ2) is 5.48. The minimum absolute atomic E-state index is 0.300. The van der Waals surface area contributed by atoms with Crippen molar-refractivity contribution >= 4 is 23.2 Å². The molecular formula is C13H11Cl2N5O. The number of hydrogen-bond acceptors (Lipinski definition) is 5. The van der Waals surface area contributed by atoms with E-state index in [9.17, 15) is 0 Å². The molecule has 6 nitrogen and oxygen atoms in total. The van der Waals surface area contributed by atoms with Crippen LogP contribution in [0.2, 0.25) is 10.0 Å². The lowest BCUT2D eigenvalue weighted by molar-refractivity contribution is 0.367. The van der Waals surface area contributed by atoms with Crippen LogP contribution in [0.15, 0.2) is 35.1 Å². The van der Waals surface area contributed by atoms with E-state index in [0.29, 0.717) is 27.3 Å². The SMILES string of the molecule is Cn1cc(C(N)c2nc(-c3cc(Cl)cc(Cl)c3)no2)cn1. The summed E-state index contributed by atoms with van der Waals surface area (Å²) in [4.78, 5) is 4.29. The number of nitrogens with two attached hydrogens (primary N) is 1. The zero-order chi connectivity index (χ0) is 15.0. The Morgan fingerprint density at radius 2 is 1.95 bits per heavy atom. The van der Waals surface area contributed by atoms with Crippen molar-refractivity contribution in [2.45, 2.75) is 6.04 Å². The van der Waals surface area contributed by atoms with Gasteiger partial charge in [0.2, 0.25) is 11.7 Å². The molecule has 8 heteroatoms. The molecule has 0 aliphatic heterocycles. The van der Waals surface area contributed by atoms with Gasteiger partial charge in [-0.1, -0.05) is 28.4 Å². The topological polar surface area (TPSA) is 82.8 Å². The summed E-state index contributed by atoms with van der Waals surface area (Å²) in [6.45, 7) is 0. The van der Waals surface area contributed by atoms with Crippen molar-refractivity contribution in [2.75, 3.05) is 0 Å². The van der Waals surface area contributed by atoms with Crippen LogP contribution in [0, 0.1) is 0 Å². The van der Waals surface area contributed by atoms with Gasteiger partial charge in [-0.25, -0.2) is 0 Å². The average molecular weight is 324 g/mol. The molecular weight excluding hydrogens is 313 g/mol. The van der Waals surface area contributed by atoms with Gasteiger partial charge in [0.05, 0.1) is 6.20 Å². The first kappa shape index (κ1) is 14.1. The first-order chi connectivity index (χ1) is 10.0. The van der Waals surface area contributed by atoms with Gasteiger partial charge >= 0.3 is 0 Å². The van der Waals surface area contributed by atoms with Crippen LogP contribution in [0.25, 0.3) is 11.4 Å². The molecule has 0 aliphatic rings. The molecule has 108 valence electrons. The summed E-state index contributed by atoms with van der Waals surface area (Å²) in [6, 6.07) is 4.51. The van der Waals surface area contributed by atoms with Gasteiger partial charge in [-0.2, -0.15) is 10.1 Å². The molecule has 1 atom stereocenters. The third-order valence-corrected chi connectivity index (χ3v) is 3.35. The Morgan fingerprint density at radius 3 is 2.57 bits per heavy atom. The van der Waals surface area contributed by atoms with Crippen LogP contribution in [0.4, 0.5) is 0 Å². The highest BCUT2D eigenvalue weighted by Crippen LogP contribution is 2.26. The largest absolute Gasteiger partial charge is 0.337 e. The van der Waals surface area contributed by atoms with Crippen molar-refractivity contribution in [1.82, 2.24) is 19.9 Å². The Bertz CT molecular complexity index is 762. The maximum atomic E-state index is 6.08. The number of benzene rings is 1. The Hall–Kier alpha value is -1.89. The third-order valence-electron chi connectivity index (χ3n) is 2.91. The maximum absolute atomic E-state index is 6.08. The number of halogens is 2. The number of rotatable bonds is 3. The monoisotopic (exact) mass is 323 g/mol. The van der Waals surface area contributed by atoms with Crippen LogP contribution in [0.3, 0.4) is 0 Å². The van der Waals surface area contributed by atoms with E-state index in [-0.39, 0.29) is 0 Å². The molecule has 0 spiro atoms. The second-order valence-electron chi connectivity index (χ2n) is 4.54. The van der Waals surface area contributed by atoms with E-state index >= 15 is 0 Å². The fraction of sp³-hybridized carbons (Fsp3) is 0.154. The molecule has 0 saturated carbocycles. The summed E-state index contributed by atoms with van der Waals surface area (Å²) >= 11 is 11.9. The first-order valence-electron chi connectivity index (χ1n) is 6.07. The summed E-state index contributed by atoms with van der Waals surface area (Å²) in [6.07, 6.45) is 3.45. The summed E-state index contributed by atoms with van der Waals surface area (Å²) in [5.74, 6) is 0.683. The molecule has 2 aromatic heterocycles. The van der Waals surface area contributed by atoms with Gasteiger partial charge in [0.15, 0.2) is 0 Å². The Balaban J connectivity index is 1.92. The minimum Gasteiger partial charge on any atom is -0.337 e. The summed E-state index contributed by atoms with van der Waals surface area (Å²) in [5.41, 5.74) is 7.54. The number of aromatic nitrogens is 4. The van der Waals surface area contributed by atoms with E-state index in [2.05, 4.69) is 15.2 Å². The molecule has 3 rings (SSSR count). The molecule has 0 saturated heterocycles. The van der Waals surface area contributed by atoms with Crippen molar-refractivity contribution in [3.63, 3.8) is 0 Å². The lowest BCUT2D eigenvalue weighted by atomic mass is 10.2. The van der Waals surface area contributed by atoms with Gasteiger partial charge < -0.3 is 10.3 Å². The lowest BCUT2D eigenvalue weighted by Crippen LogP contribution is -2.11. The van der Waals surface area contributed by atoms with Crippen LogP contribution >= 0.6 is 23.2 Å². The van der Waals surface area contributed by atoms with Crippen LogP contribution in [-0.2, 0) is 7.05 Å². The van der Waals surface area contributed by atoms with E-state index < -0.39 is 6.04 Å². The summed E-state index contributed by atoms with van der Waals surface area (Å²) in [7, 11) is 1.81. The van der Waals surface area contributed by atoms with E-state index in [0.717, 1.165) is 5.56 Å².